The second-order valence-corrected chi connectivity index (χ2v) is 4.15. The molecule has 0 aromatic carbocycles. The van der Waals surface area contributed by atoms with Gasteiger partial charge in [-0.05, 0) is 12.3 Å². The lowest BCUT2D eigenvalue weighted by atomic mass is 9.81. The van der Waals surface area contributed by atoms with E-state index in [0.29, 0.717) is 11.7 Å². The molecule has 1 aromatic heterocycles. The summed E-state index contributed by atoms with van der Waals surface area (Å²) < 4.78 is 5.04. The number of aromatic nitrogens is 2. The maximum absolute atomic E-state index is 5.42. The van der Waals surface area contributed by atoms with Crippen LogP contribution in [0.15, 0.2) is 4.52 Å². The first-order valence-electron chi connectivity index (χ1n) is 4.21. The Morgan fingerprint density at radius 1 is 1.46 bits per heavy atom. The number of aryl methyl sites for hydroxylation is 1. The molecule has 0 bridgehead atoms. The second kappa shape index (κ2) is 3.21. The molecule has 0 spiro atoms. The van der Waals surface area contributed by atoms with Gasteiger partial charge in [0.05, 0.1) is 0 Å². The van der Waals surface area contributed by atoms with Crippen molar-refractivity contribution in [1.82, 2.24) is 10.1 Å². The van der Waals surface area contributed by atoms with Gasteiger partial charge in [-0.2, -0.15) is 4.98 Å². The van der Waals surface area contributed by atoms with Crippen LogP contribution in [0.4, 0.5) is 0 Å². The number of hydrogen-bond acceptors (Lipinski definition) is 3. The third-order valence-electron chi connectivity index (χ3n) is 1.82. The Bertz CT molecular complexity index is 327. The molecule has 13 heavy (non-hydrogen) atoms. The fourth-order valence-electron chi connectivity index (χ4n) is 1.12. The van der Waals surface area contributed by atoms with Gasteiger partial charge in [0.1, 0.15) is 5.92 Å². The molecule has 0 aliphatic carbocycles. The van der Waals surface area contributed by atoms with Gasteiger partial charge in [-0.25, -0.2) is 0 Å². The van der Waals surface area contributed by atoms with Gasteiger partial charge in [-0.3, -0.25) is 0 Å². The van der Waals surface area contributed by atoms with Crippen LogP contribution in [0.25, 0.3) is 0 Å². The molecule has 0 unspecified atom stereocenters. The monoisotopic (exact) mass is 178 g/mol. The molecule has 1 atom stereocenters. The van der Waals surface area contributed by atoms with Gasteiger partial charge < -0.3 is 4.52 Å². The molecular formula is C10H14N2O. The lowest BCUT2D eigenvalue weighted by Crippen LogP contribution is -2.17. The molecule has 0 aliphatic rings. The van der Waals surface area contributed by atoms with Crippen molar-refractivity contribution in [3.63, 3.8) is 0 Å². The number of rotatable bonds is 1. The van der Waals surface area contributed by atoms with E-state index in [4.69, 9.17) is 10.9 Å². The number of terminal acetylenes is 1. The minimum atomic E-state index is -0.117. The van der Waals surface area contributed by atoms with Crippen molar-refractivity contribution >= 4 is 0 Å². The third-order valence-corrected chi connectivity index (χ3v) is 1.82. The van der Waals surface area contributed by atoms with Gasteiger partial charge in [0.25, 0.3) is 0 Å². The summed E-state index contributed by atoms with van der Waals surface area (Å²) in [5.74, 6) is 3.72. The maximum Gasteiger partial charge on any atom is 0.242 e. The normalized spacial score (nSPS) is 13.8. The van der Waals surface area contributed by atoms with Crippen molar-refractivity contribution in [3.05, 3.63) is 11.7 Å². The lowest BCUT2D eigenvalue weighted by molar-refractivity contribution is 0.288. The van der Waals surface area contributed by atoms with Gasteiger partial charge in [0, 0.05) is 0 Å². The highest BCUT2D eigenvalue weighted by Crippen LogP contribution is 2.33. The predicted molar refractivity (Wildman–Crippen MR) is 50.1 cm³/mol. The quantitative estimate of drug-likeness (QED) is 0.618. The van der Waals surface area contributed by atoms with Gasteiger partial charge in [0.15, 0.2) is 5.82 Å². The second-order valence-electron chi connectivity index (χ2n) is 4.15. The molecule has 0 fully saturated rings. The van der Waals surface area contributed by atoms with E-state index >= 15 is 0 Å². The average molecular weight is 178 g/mol. The number of hydrogen-bond donors (Lipinski definition) is 0. The molecule has 0 saturated heterocycles. The van der Waals surface area contributed by atoms with E-state index in [9.17, 15) is 0 Å². The van der Waals surface area contributed by atoms with Crippen LogP contribution in [0.5, 0.6) is 0 Å². The largest absolute Gasteiger partial charge is 0.338 e. The molecule has 1 rings (SSSR count). The molecule has 3 heteroatoms. The van der Waals surface area contributed by atoms with Crippen molar-refractivity contribution in [3.8, 4) is 12.3 Å². The zero-order valence-corrected chi connectivity index (χ0v) is 8.46. The summed E-state index contributed by atoms with van der Waals surface area (Å²) in [5, 5.41) is 3.72. The van der Waals surface area contributed by atoms with Crippen LogP contribution in [0.2, 0.25) is 0 Å². The predicted octanol–water partition coefficient (Wildman–Crippen LogP) is 2.14. The SMILES string of the molecule is C#C[C@H](c1nc(C)no1)C(C)(C)C. The van der Waals surface area contributed by atoms with Crippen LogP contribution in [0, 0.1) is 24.7 Å². The number of nitrogens with zero attached hydrogens (tertiary/aromatic N) is 2. The van der Waals surface area contributed by atoms with Gasteiger partial charge in [0.2, 0.25) is 5.89 Å². The Kier molecular flexibility index (Phi) is 2.42. The third kappa shape index (κ3) is 2.09. The zero-order chi connectivity index (χ0) is 10.1. The van der Waals surface area contributed by atoms with E-state index in [1.165, 1.54) is 0 Å². The van der Waals surface area contributed by atoms with E-state index in [1.54, 1.807) is 6.92 Å². The lowest BCUT2D eigenvalue weighted by Gasteiger charge is -2.22. The average Bonchev–Trinajstić information content (AvgIpc) is 2.34. The first-order chi connectivity index (χ1) is 5.95. The summed E-state index contributed by atoms with van der Waals surface area (Å²) in [5.41, 5.74) is -0.0479. The van der Waals surface area contributed by atoms with E-state index in [2.05, 4.69) is 36.8 Å². The summed E-state index contributed by atoms with van der Waals surface area (Å²) in [6, 6.07) is 0. The zero-order valence-electron chi connectivity index (χ0n) is 8.46. The Morgan fingerprint density at radius 2 is 2.08 bits per heavy atom. The molecule has 3 nitrogen and oxygen atoms in total. The van der Waals surface area contributed by atoms with Crippen molar-refractivity contribution in [2.45, 2.75) is 33.6 Å². The first-order valence-corrected chi connectivity index (χ1v) is 4.21. The Morgan fingerprint density at radius 3 is 2.38 bits per heavy atom. The van der Waals surface area contributed by atoms with Crippen LogP contribution in [0.3, 0.4) is 0 Å². The Labute approximate surface area is 78.5 Å². The summed E-state index contributed by atoms with van der Waals surface area (Å²) in [6.45, 7) is 7.94. The topological polar surface area (TPSA) is 38.9 Å². The highest BCUT2D eigenvalue weighted by atomic mass is 16.5. The fourth-order valence-corrected chi connectivity index (χ4v) is 1.12. The molecule has 0 saturated carbocycles. The van der Waals surface area contributed by atoms with Gasteiger partial charge in [-0.1, -0.05) is 31.8 Å². The smallest absolute Gasteiger partial charge is 0.242 e. The molecular weight excluding hydrogens is 164 g/mol. The first kappa shape index (κ1) is 9.79. The minimum absolute atomic E-state index is 0.0479. The summed E-state index contributed by atoms with van der Waals surface area (Å²) in [7, 11) is 0. The molecule has 0 amide bonds. The molecule has 0 radical (unpaired) electrons. The van der Waals surface area contributed by atoms with Crippen LogP contribution >= 0.6 is 0 Å². The van der Waals surface area contributed by atoms with Crippen molar-refractivity contribution < 1.29 is 4.52 Å². The van der Waals surface area contributed by atoms with Crippen LogP contribution < -0.4 is 0 Å². The highest BCUT2D eigenvalue weighted by molar-refractivity contribution is 5.14. The molecule has 0 aliphatic heterocycles. The minimum Gasteiger partial charge on any atom is -0.338 e. The van der Waals surface area contributed by atoms with Crippen molar-refractivity contribution in [1.29, 1.82) is 0 Å². The van der Waals surface area contributed by atoms with Crippen LogP contribution in [0.1, 0.15) is 38.4 Å². The molecule has 0 N–H and O–H groups in total. The summed E-state index contributed by atoms with van der Waals surface area (Å²) in [4.78, 5) is 4.13. The summed E-state index contributed by atoms with van der Waals surface area (Å²) >= 11 is 0. The Balaban J connectivity index is 3.00. The highest BCUT2D eigenvalue weighted by Gasteiger charge is 2.28. The van der Waals surface area contributed by atoms with Crippen LogP contribution in [-0.4, -0.2) is 10.1 Å². The summed E-state index contributed by atoms with van der Waals surface area (Å²) in [6.07, 6.45) is 5.42. The van der Waals surface area contributed by atoms with Crippen molar-refractivity contribution in [2.24, 2.45) is 5.41 Å². The van der Waals surface area contributed by atoms with Crippen LogP contribution in [-0.2, 0) is 0 Å². The molecule has 1 aromatic rings. The molecule has 70 valence electrons. The maximum atomic E-state index is 5.42. The Hall–Kier alpha value is -1.30. The molecule has 1 heterocycles. The standard InChI is InChI=1S/C10H14N2O/c1-6-8(10(3,4)5)9-11-7(2)12-13-9/h1,8H,2-5H3/t8-/m1/s1. The van der Waals surface area contributed by atoms with E-state index in [1.807, 2.05) is 0 Å². The van der Waals surface area contributed by atoms with Gasteiger partial charge >= 0.3 is 0 Å². The van der Waals surface area contributed by atoms with Crippen molar-refractivity contribution in [2.75, 3.05) is 0 Å². The fraction of sp³-hybridized carbons (Fsp3) is 0.600. The van der Waals surface area contributed by atoms with E-state index in [-0.39, 0.29) is 11.3 Å². The van der Waals surface area contributed by atoms with E-state index < -0.39 is 0 Å². The van der Waals surface area contributed by atoms with Gasteiger partial charge in [-0.15, -0.1) is 6.42 Å². The van der Waals surface area contributed by atoms with E-state index in [0.717, 1.165) is 0 Å².